The largest absolute Gasteiger partial charge is 0.463 e. The Hall–Kier alpha value is -1.58. The van der Waals surface area contributed by atoms with Crippen molar-refractivity contribution in [2.45, 2.75) is 91.4 Å². The van der Waals surface area contributed by atoms with E-state index in [4.69, 9.17) is 9.47 Å². The van der Waals surface area contributed by atoms with Gasteiger partial charge in [0.05, 0.1) is 13.2 Å². The molecule has 0 aromatic heterocycles. The number of rotatable bonds is 15. The fourth-order valence-corrected chi connectivity index (χ4v) is 2.11. The molecule has 0 fully saturated rings. The van der Waals surface area contributed by atoms with Crippen molar-refractivity contribution in [3.63, 3.8) is 0 Å². The number of ether oxygens (including phenoxy) is 2. The Morgan fingerprint density at radius 1 is 0.769 bits per heavy atom. The Morgan fingerprint density at radius 3 is 1.62 bits per heavy atom. The van der Waals surface area contributed by atoms with Crippen molar-refractivity contribution < 1.29 is 19.1 Å². The van der Waals surface area contributed by atoms with Gasteiger partial charge in [0.2, 0.25) is 0 Å². The number of esters is 2. The van der Waals surface area contributed by atoms with Crippen LogP contribution >= 0.6 is 0 Å². The minimum Gasteiger partial charge on any atom is -0.463 e. The second-order valence-electron chi connectivity index (χ2n) is 6.47. The van der Waals surface area contributed by atoms with Crippen molar-refractivity contribution in [2.24, 2.45) is 0 Å². The van der Waals surface area contributed by atoms with Crippen molar-refractivity contribution in [1.29, 1.82) is 0 Å². The molecular formula is C22H40O4. The number of hydrogen-bond acceptors (Lipinski definition) is 4. The van der Waals surface area contributed by atoms with Gasteiger partial charge in [-0.05, 0) is 19.8 Å². The Kier molecular flexibility index (Phi) is 22.0. The molecule has 0 radical (unpaired) electrons. The fourth-order valence-electron chi connectivity index (χ4n) is 2.11. The summed E-state index contributed by atoms with van der Waals surface area (Å²) in [6.07, 6.45) is 14.3. The Labute approximate surface area is 161 Å². The number of unbranched alkanes of at least 4 members (excludes halogenated alkanes) is 9. The first-order valence-corrected chi connectivity index (χ1v) is 10.1. The summed E-state index contributed by atoms with van der Waals surface area (Å²) in [5.74, 6) is -0.580. The zero-order chi connectivity index (χ0) is 20.0. The molecule has 4 nitrogen and oxygen atoms in total. The van der Waals surface area contributed by atoms with Crippen LogP contribution in [0.4, 0.5) is 0 Å². The van der Waals surface area contributed by atoms with E-state index in [2.05, 4.69) is 27.0 Å². The summed E-state index contributed by atoms with van der Waals surface area (Å²) < 4.78 is 9.79. The van der Waals surface area contributed by atoms with Crippen LogP contribution in [-0.4, -0.2) is 25.2 Å². The van der Waals surface area contributed by atoms with Gasteiger partial charge < -0.3 is 9.47 Å². The first kappa shape index (κ1) is 26.6. The third-order valence-corrected chi connectivity index (χ3v) is 3.74. The van der Waals surface area contributed by atoms with E-state index in [1.54, 1.807) is 6.92 Å². The molecule has 152 valence electrons. The monoisotopic (exact) mass is 368 g/mol. The maximum atomic E-state index is 11.0. The third-order valence-electron chi connectivity index (χ3n) is 3.74. The van der Waals surface area contributed by atoms with Gasteiger partial charge in [0, 0.05) is 11.6 Å². The summed E-state index contributed by atoms with van der Waals surface area (Å²) in [6, 6.07) is 0. The predicted molar refractivity (Wildman–Crippen MR) is 109 cm³/mol. The minimum absolute atomic E-state index is 0.265. The lowest BCUT2D eigenvalue weighted by atomic mass is 10.1. The Morgan fingerprint density at radius 2 is 1.19 bits per heavy atom. The number of carbonyl (C=O) groups excluding carboxylic acids is 2. The molecule has 0 aliphatic carbocycles. The van der Waals surface area contributed by atoms with Gasteiger partial charge in [-0.1, -0.05) is 84.8 Å². The average molecular weight is 369 g/mol. The summed E-state index contributed by atoms with van der Waals surface area (Å²) in [5, 5.41) is 0. The van der Waals surface area contributed by atoms with Crippen molar-refractivity contribution in [2.75, 3.05) is 13.2 Å². The molecule has 0 saturated carbocycles. The molecule has 4 heteroatoms. The molecule has 0 bridgehead atoms. The molecule has 0 aromatic carbocycles. The van der Waals surface area contributed by atoms with Crippen LogP contribution in [0.2, 0.25) is 0 Å². The van der Waals surface area contributed by atoms with E-state index in [0.29, 0.717) is 18.8 Å². The van der Waals surface area contributed by atoms with Gasteiger partial charge >= 0.3 is 11.9 Å². The molecule has 0 atom stereocenters. The molecule has 26 heavy (non-hydrogen) atoms. The van der Waals surface area contributed by atoms with Crippen molar-refractivity contribution >= 4 is 11.9 Å². The molecule has 0 saturated heterocycles. The van der Waals surface area contributed by atoms with E-state index in [9.17, 15) is 9.59 Å². The highest BCUT2D eigenvalue weighted by Crippen LogP contribution is 2.05. The summed E-state index contributed by atoms with van der Waals surface area (Å²) in [6.45, 7) is 14.0. The zero-order valence-electron chi connectivity index (χ0n) is 17.3. The smallest absolute Gasteiger partial charge is 0.333 e. The second-order valence-corrected chi connectivity index (χ2v) is 6.47. The lowest BCUT2D eigenvalue weighted by molar-refractivity contribution is -0.139. The molecule has 0 aliphatic rings. The van der Waals surface area contributed by atoms with Crippen LogP contribution in [0, 0.1) is 0 Å². The summed E-state index contributed by atoms with van der Waals surface area (Å²) in [4.78, 5) is 21.5. The van der Waals surface area contributed by atoms with Gasteiger partial charge in [0.1, 0.15) is 0 Å². The third kappa shape index (κ3) is 22.4. The molecular weight excluding hydrogens is 328 g/mol. The van der Waals surface area contributed by atoms with Crippen LogP contribution < -0.4 is 0 Å². The van der Waals surface area contributed by atoms with Crippen LogP contribution in [0.5, 0.6) is 0 Å². The van der Waals surface area contributed by atoms with Gasteiger partial charge in [-0.2, -0.15) is 0 Å². The van der Waals surface area contributed by atoms with E-state index in [1.807, 2.05) is 0 Å². The number of hydrogen-bond donors (Lipinski definition) is 0. The molecule has 0 heterocycles. The van der Waals surface area contributed by atoms with Crippen molar-refractivity contribution in [3.8, 4) is 0 Å². The molecule has 0 aromatic rings. The minimum atomic E-state index is -0.314. The van der Waals surface area contributed by atoms with E-state index in [1.165, 1.54) is 51.0 Å². The first-order valence-electron chi connectivity index (χ1n) is 10.1. The van der Waals surface area contributed by atoms with Crippen LogP contribution in [-0.2, 0) is 19.1 Å². The molecule has 0 amide bonds. The topological polar surface area (TPSA) is 52.6 Å². The van der Waals surface area contributed by atoms with Gasteiger partial charge in [-0.15, -0.1) is 0 Å². The normalized spacial score (nSPS) is 9.65. The Bertz CT molecular complexity index is 374. The van der Waals surface area contributed by atoms with Crippen LogP contribution in [0.15, 0.2) is 24.8 Å². The van der Waals surface area contributed by atoms with E-state index in [-0.39, 0.29) is 11.9 Å². The SMILES string of the molecule is C=C(C)C(=O)OCCCCCCCC.C=CC(=O)OCCCCCCC. The molecule has 0 rings (SSSR count). The highest BCUT2D eigenvalue weighted by atomic mass is 16.5. The van der Waals surface area contributed by atoms with Crippen molar-refractivity contribution in [3.05, 3.63) is 24.8 Å². The lowest BCUT2D eigenvalue weighted by Crippen LogP contribution is -2.05. The van der Waals surface area contributed by atoms with E-state index in [0.717, 1.165) is 25.7 Å². The lowest BCUT2D eigenvalue weighted by Gasteiger charge is -2.03. The molecule has 0 N–H and O–H groups in total. The van der Waals surface area contributed by atoms with Crippen LogP contribution in [0.1, 0.15) is 91.4 Å². The predicted octanol–water partition coefficient (Wildman–Crippen LogP) is 6.15. The number of carbonyl (C=O) groups is 2. The Balaban J connectivity index is 0. The summed E-state index contributed by atoms with van der Waals surface area (Å²) in [7, 11) is 0. The standard InChI is InChI=1S/C12H22O2.C10H18O2/c1-4-5-6-7-8-9-10-14-12(13)11(2)3;1-3-5-6-7-8-9-12-10(11)4-2/h2,4-10H2,1,3H3;4H,2-3,5-9H2,1H3. The quantitative estimate of drug-likeness (QED) is 0.197. The maximum Gasteiger partial charge on any atom is 0.333 e. The molecule has 0 spiro atoms. The van der Waals surface area contributed by atoms with Gasteiger partial charge in [0.15, 0.2) is 0 Å². The van der Waals surface area contributed by atoms with Crippen LogP contribution in [0.3, 0.4) is 0 Å². The average Bonchev–Trinajstić information content (AvgIpc) is 2.63. The highest BCUT2D eigenvalue weighted by Gasteiger charge is 2.01. The highest BCUT2D eigenvalue weighted by molar-refractivity contribution is 5.86. The zero-order valence-corrected chi connectivity index (χ0v) is 17.3. The summed E-state index contributed by atoms with van der Waals surface area (Å²) in [5.41, 5.74) is 0.482. The maximum absolute atomic E-state index is 11.0. The molecule has 0 unspecified atom stereocenters. The van der Waals surface area contributed by atoms with E-state index < -0.39 is 0 Å². The fraction of sp³-hybridized carbons (Fsp3) is 0.727. The van der Waals surface area contributed by atoms with Gasteiger partial charge in [-0.25, -0.2) is 9.59 Å². The second kappa shape index (κ2) is 21.5. The van der Waals surface area contributed by atoms with Crippen molar-refractivity contribution in [1.82, 2.24) is 0 Å². The van der Waals surface area contributed by atoms with E-state index >= 15 is 0 Å². The molecule has 0 aliphatic heterocycles. The van der Waals surface area contributed by atoms with Gasteiger partial charge in [0.25, 0.3) is 0 Å². The van der Waals surface area contributed by atoms with Gasteiger partial charge in [-0.3, -0.25) is 0 Å². The van der Waals surface area contributed by atoms with Crippen LogP contribution in [0.25, 0.3) is 0 Å². The first-order chi connectivity index (χ1) is 12.5. The summed E-state index contributed by atoms with van der Waals surface area (Å²) >= 11 is 0.